The van der Waals surface area contributed by atoms with E-state index in [1.54, 1.807) is 0 Å². The molecule has 1 aromatic heterocycles. The van der Waals surface area contributed by atoms with Gasteiger partial charge in [0.1, 0.15) is 5.69 Å². The van der Waals surface area contributed by atoms with Gasteiger partial charge in [-0.2, -0.15) is 13.2 Å². The Morgan fingerprint density at radius 2 is 2.10 bits per heavy atom. The van der Waals surface area contributed by atoms with Crippen molar-refractivity contribution in [3.63, 3.8) is 0 Å². The fourth-order valence-electron chi connectivity index (χ4n) is 1.20. The molecule has 2 N–H and O–H groups in total. The molecule has 1 amide bonds. The maximum Gasteiger partial charge on any atom is 0.417 e. The number of nitrogens with one attached hydrogen (secondary N) is 1. The Morgan fingerprint density at radius 3 is 2.55 bits per heavy atom. The molecule has 1 unspecified atom stereocenters. The third kappa shape index (κ3) is 4.19. The van der Waals surface area contributed by atoms with Gasteiger partial charge in [-0.15, -0.1) is 0 Å². The van der Waals surface area contributed by atoms with E-state index in [0.29, 0.717) is 12.3 Å². The molecule has 20 heavy (non-hydrogen) atoms. The number of carbonyl (C=O) groups is 2. The Labute approximate surface area is 111 Å². The molecule has 1 heterocycles. The summed E-state index contributed by atoms with van der Waals surface area (Å²) in [5.74, 6) is -1.76. The number of amides is 1. The van der Waals surface area contributed by atoms with Crippen molar-refractivity contribution in [3.05, 3.63) is 29.6 Å². The molecule has 1 rings (SSSR count). The molecule has 0 spiro atoms. The maximum atomic E-state index is 12.3. The molecule has 0 aliphatic carbocycles. The van der Waals surface area contributed by atoms with Gasteiger partial charge in [0.15, 0.2) is 6.10 Å². The lowest BCUT2D eigenvalue weighted by Crippen LogP contribution is -2.37. The van der Waals surface area contributed by atoms with Crippen LogP contribution in [0.25, 0.3) is 0 Å². The van der Waals surface area contributed by atoms with Crippen molar-refractivity contribution in [2.24, 2.45) is 0 Å². The van der Waals surface area contributed by atoms with Crippen LogP contribution in [0.1, 0.15) is 16.1 Å². The van der Waals surface area contributed by atoms with Crippen LogP contribution in [0.3, 0.4) is 0 Å². The molecule has 0 bridgehead atoms. The number of carbonyl (C=O) groups excluding carboxylic acids is 2. The van der Waals surface area contributed by atoms with Gasteiger partial charge in [-0.05, 0) is 12.1 Å². The van der Waals surface area contributed by atoms with E-state index in [1.165, 1.54) is 0 Å². The molecule has 1 aromatic rings. The number of halogens is 3. The van der Waals surface area contributed by atoms with Crippen LogP contribution >= 0.6 is 0 Å². The normalized spacial score (nSPS) is 12.7. The van der Waals surface area contributed by atoms with Crippen LogP contribution in [0.2, 0.25) is 0 Å². The highest BCUT2D eigenvalue weighted by Crippen LogP contribution is 2.28. The number of ether oxygens (including phenoxy) is 1. The monoisotopic (exact) mass is 292 g/mol. The highest BCUT2D eigenvalue weighted by Gasteiger charge is 2.31. The minimum absolute atomic E-state index is 0.268. The first-order chi connectivity index (χ1) is 9.25. The van der Waals surface area contributed by atoms with E-state index in [-0.39, 0.29) is 5.69 Å². The fourth-order valence-corrected chi connectivity index (χ4v) is 1.20. The Hall–Kier alpha value is -2.16. The summed E-state index contributed by atoms with van der Waals surface area (Å²) < 4.78 is 41.1. The summed E-state index contributed by atoms with van der Waals surface area (Å²) in [4.78, 5) is 25.7. The van der Waals surface area contributed by atoms with Crippen LogP contribution < -0.4 is 5.32 Å². The van der Waals surface area contributed by atoms with E-state index < -0.39 is 36.3 Å². The predicted molar refractivity (Wildman–Crippen MR) is 59.6 cm³/mol. The summed E-state index contributed by atoms with van der Waals surface area (Å²) in [7, 11) is 1.06. The zero-order chi connectivity index (χ0) is 15.3. The number of aromatic nitrogens is 1. The van der Waals surface area contributed by atoms with Crippen LogP contribution in [-0.4, -0.2) is 41.7 Å². The summed E-state index contributed by atoms with van der Waals surface area (Å²) in [6.45, 7) is -0.436. The van der Waals surface area contributed by atoms with E-state index >= 15 is 0 Å². The van der Waals surface area contributed by atoms with Crippen molar-refractivity contribution in [2.75, 3.05) is 13.7 Å². The quantitative estimate of drug-likeness (QED) is 0.782. The summed E-state index contributed by atoms with van der Waals surface area (Å²) in [5.41, 5.74) is -1.25. The standard InChI is InChI=1S/C11H11F3N2O4/c1-20-10(19)8(17)5-16-9(18)7-3-2-6(4-15-7)11(12,13)14/h2-4,8,17H,5H2,1H3,(H,16,18). The molecule has 1 atom stereocenters. The fraction of sp³-hybridized carbons (Fsp3) is 0.364. The predicted octanol–water partition coefficient (Wildman–Crippen LogP) is 0.364. The highest BCUT2D eigenvalue weighted by atomic mass is 19.4. The number of hydrogen-bond acceptors (Lipinski definition) is 5. The Morgan fingerprint density at radius 1 is 1.45 bits per heavy atom. The highest BCUT2D eigenvalue weighted by molar-refractivity contribution is 5.92. The number of rotatable bonds is 4. The van der Waals surface area contributed by atoms with Crippen LogP contribution in [0.4, 0.5) is 13.2 Å². The zero-order valence-electron chi connectivity index (χ0n) is 10.3. The van der Waals surface area contributed by atoms with Crippen molar-refractivity contribution in [1.82, 2.24) is 10.3 Å². The van der Waals surface area contributed by atoms with E-state index in [4.69, 9.17) is 0 Å². The maximum absolute atomic E-state index is 12.3. The number of aliphatic hydroxyl groups is 1. The Kier molecular flexibility index (Phi) is 5.03. The topological polar surface area (TPSA) is 88.5 Å². The first-order valence-corrected chi connectivity index (χ1v) is 5.33. The largest absolute Gasteiger partial charge is 0.467 e. The first kappa shape index (κ1) is 15.9. The van der Waals surface area contributed by atoms with Gasteiger partial charge in [0.25, 0.3) is 5.91 Å². The minimum Gasteiger partial charge on any atom is -0.467 e. The van der Waals surface area contributed by atoms with Gasteiger partial charge in [0, 0.05) is 6.20 Å². The smallest absolute Gasteiger partial charge is 0.417 e. The van der Waals surface area contributed by atoms with Crippen molar-refractivity contribution in [3.8, 4) is 0 Å². The molecule has 0 fully saturated rings. The van der Waals surface area contributed by atoms with Gasteiger partial charge < -0.3 is 15.2 Å². The summed E-state index contributed by atoms with van der Waals surface area (Å²) in [6, 6.07) is 1.60. The molecule has 9 heteroatoms. The molecular weight excluding hydrogens is 281 g/mol. The van der Waals surface area contributed by atoms with E-state index in [0.717, 1.165) is 13.2 Å². The second kappa shape index (κ2) is 6.33. The SMILES string of the molecule is COC(=O)C(O)CNC(=O)c1ccc(C(F)(F)F)cn1. The molecule has 0 aliphatic rings. The molecule has 0 saturated carbocycles. The molecule has 0 aromatic carbocycles. The van der Waals surface area contributed by atoms with Crippen molar-refractivity contribution in [1.29, 1.82) is 0 Å². The number of hydrogen-bond donors (Lipinski definition) is 2. The third-order valence-corrected chi connectivity index (χ3v) is 2.25. The minimum atomic E-state index is -4.54. The van der Waals surface area contributed by atoms with Gasteiger partial charge in [0.05, 0.1) is 19.2 Å². The van der Waals surface area contributed by atoms with Gasteiger partial charge in [0.2, 0.25) is 0 Å². The summed E-state index contributed by atoms with van der Waals surface area (Å²) in [5, 5.41) is 11.3. The molecular formula is C11H11F3N2O4. The van der Waals surface area contributed by atoms with Crippen LogP contribution in [0.15, 0.2) is 18.3 Å². The van der Waals surface area contributed by atoms with Crippen LogP contribution in [-0.2, 0) is 15.7 Å². The third-order valence-electron chi connectivity index (χ3n) is 2.25. The van der Waals surface area contributed by atoms with E-state index in [2.05, 4.69) is 15.0 Å². The lowest BCUT2D eigenvalue weighted by molar-refractivity contribution is -0.150. The molecule has 110 valence electrons. The Balaban J connectivity index is 2.63. The number of esters is 1. The second-order valence-electron chi connectivity index (χ2n) is 3.68. The number of methoxy groups -OCH3 is 1. The summed E-state index contributed by atoms with van der Waals surface area (Å²) in [6.07, 6.45) is -5.58. The second-order valence-corrected chi connectivity index (χ2v) is 3.68. The van der Waals surface area contributed by atoms with Crippen molar-refractivity contribution >= 4 is 11.9 Å². The van der Waals surface area contributed by atoms with E-state index in [9.17, 15) is 27.9 Å². The molecule has 0 aliphatic heterocycles. The zero-order valence-corrected chi connectivity index (χ0v) is 10.3. The van der Waals surface area contributed by atoms with Crippen LogP contribution in [0, 0.1) is 0 Å². The molecule has 0 saturated heterocycles. The number of alkyl halides is 3. The lowest BCUT2D eigenvalue weighted by Gasteiger charge is -2.10. The average molecular weight is 292 g/mol. The van der Waals surface area contributed by atoms with E-state index in [1.807, 2.05) is 0 Å². The van der Waals surface area contributed by atoms with Gasteiger partial charge in [-0.1, -0.05) is 0 Å². The lowest BCUT2D eigenvalue weighted by atomic mass is 10.2. The van der Waals surface area contributed by atoms with Crippen molar-refractivity contribution in [2.45, 2.75) is 12.3 Å². The van der Waals surface area contributed by atoms with Crippen LogP contribution in [0.5, 0.6) is 0 Å². The van der Waals surface area contributed by atoms with Gasteiger partial charge in [-0.25, -0.2) is 4.79 Å². The number of pyridine rings is 1. The first-order valence-electron chi connectivity index (χ1n) is 5.33. The number of nitrogens with zero attached hydrogens (tertiary/aromatic N) is 1. The van der Waals surface area contributed by atoms with Gasteiger partial charge in [-0.3, -0.25) is 9.78 Å². The molecule has 0 radical (unpaired) electrons. The Bertz CT molecular complexity index is 487. The average Bonchev–Trinajstić information content (AvgIpc) is 2.42. The number of aliphatic hydroxyl groups excluding tert-OH is 1. The molecule has 6 nitrogen and oxygen atoms in total. The summed E-state index contributed by atoms with van der Waals surface area (Å²) >= 11 is 0. The van der Waals surface area contributed by atoms with Crippen molar-refractivity contribution < 1.29 is 32.6 Å². The van der Waals surface area contributed by atoms with Gasteiger partial charge >= 0.3 is 12.1 Å².